The molecule has 3 atom stereocenters. The monoisotopic (exact) mass is 560 g/mol. The van der Waals surface area contributed by atoms with Crippen LogP contribution in [0.4, 0.5) is 0 Å². The lowest BCUT2D eigenvalue weighted by molar-refractivity contribution is -0.187. The van der Waals surface area contributed by atoms with Gasteiger partial charge in [0.05, 0.1) is 7.11 Å². The van der Waals surface area contributed by atoms with Crippen molar-refractivity contribution in [3.05, 3.63) is 65.7 Å². The molecule has 1 amide bonds. The minimum absolute atomic E-state index is 0.117. The summed E-state index contributed by atoms with van der Waals surface area (Å²) in [6.07, 6.45) is 8.52. The summed E-state index contributed by atoms with van der Waals surface area (Å²) in [5.74, 6) is 1.05. The molecule has 41 heavy (non-hydrogen) atoms. The number of carbonyl (C=O) groups is 3. The van der Waals surface area contributed by atoms with Gasteiger partial charge in [-0.3, -0.25) is 19.3 Å². The van der Waals surface area contributed by atoms with Crippen LogP contribution in [0.15, 0.2) is 54.6 Å². The summed E-state index contributed by atoms with van der Waals surface area (Å²) < 4.78 is 17.1. The van der Waals surface area contributed by atoms with E-state index in [9.17, 15) is 14.4 Å². The summed E-state index contributed by atoms with van der Waals surface area (Å²) in [5.41, 5.74) is 0.535. The summed E-state index contributed by atoms with van der Waals surface area (Å²) in [7, 11) is 1.61. The molecule has 0 spiro atoms. The molecule has 2 aromatic carbocycles. The molecule has 1 saturated heterocycles. The van der Waals surface area contributed by atoms with Crippen LogP contribution in [0.25, 0.3) is 6.08 Å². The Morgan fingerprint density at radius 2 is 1.78 bits per heavy atom. The van der Waals surface area contributed by atoms with Crippen LogP contribution in [0.3, 0.4) is 0 Å². The fourth-order valence-electron chi connectivity index (χ4n) is 6.82. The molecule has 1 heterocycles. The van der Waals surface area contributed by atoms with Crippen molar-refractivity contribution >= 4 is 23.9 Å². The number of rotatable bonds is 9. The Kier molecular flexibility index (Phi) is 8.50. The summed E-state index contributed by atoms with van der Waals surface area (Å²) in [6.45, 7) is 5.40. The van der Waals surface area contributed by atoms with Crippen LogP contribution in [-0.2, 0) is 24.5 Å². The van der Waals surface area contributed by atoms with Crippen LogP contribution >= 0.6 is 0 Å². The van der Waals surface area contributed by atoms with Gasteiger partial charge >= 0.3 is 11.9 Å². The first-order valence-electron chi connectivity index (χ1n) is 14.5. The van der Waals surface area contributed by atoms with E-state index in [-0.39, 0.29) is 23.9 Å². The lowest BCUT2D eigenvalue weighted by Crippen LogP contribution is -2.68. The number of hydrogen-bond acceptors (Lipinski definition) is 7. The zero-order chi connectivity index (χ0) is 29.0. The molecule has 1 aliphatic heterocycles. The van der Waals surface area contributed by atoms with Gasteiger partial charge in [0.15, 0.2) is 0 Å². The van der Waals surface area contributed by atoms with Gasteiger partial charge in [-0.25, -0.2) is 0 Å². The second-order valence-corrected chi connectivity index (χ2v) is 11.8. The van der Waals surface area contributed by atoms with Gasteiger partial charge in [0.2, 0.25) is 5.91 Å². The molecule has 218 valence electrons. The number of piperidine rings is 1. The average Bonchev–Trinajstić information content (AvgIpc) is 3.76. The van der Waals surface area contributed by atoms with Crippen LogP contribution in [-0.4, -0.2) is 61.1 Å². The third-order valence-corrected chi connectivity index (χ3v) is 8.77. The van der Waals surface area contributed by atoms with E-state index in [1.165, 1.54) is 26.7 Å². The van der Waals surface area contributed by atoms with Crippen LogP contribution in [0.1, 0.15) is 63.5 Å². The summed E-state index contributed by atoms with van der Waals surface area (Å²) in [5, 5.41) is 3.22. The van der Waals surface area contributed by atoms with Crippen LogP contribution in [0, 0.1) is 5.92 Å². The van der Waals surface area contributed by atoms with E-state index in [1.54, 1.807) is 25.3 Å². The van der Waals surface area contributed by atoms with E-state index < -0.39 is 11.0 Å². The van der Waals surface area contributed by atoms with Crippen molar-refractivity contribution in [1.29, 1.82) is 0 Å². The number of nitrogens with zero attached hydrogens (tertiary/aromatic N) is 1. The fourth-order valence-corrected chi connectivity index (χ4v) is 6.82. The maximum Gasteiger partial charge on any atom is 0.308 e. The molecule has 2 aliphatic carbocycles. The largest absolute Gasteiger partial charge is 0.497 e. The minimum Gasteiger partial charge on any atom is -0.497 e. The fraction of sp³-hybridized carbons (Fsp3) is 0.485. The Morgan fingerprint density at radius 1 is 1.00 bits per heavy atom. The molecule has 0 aromatic heterocycles. The van der Waals surface area contributed by atoms with Crippen LogP contribution < -0.4 is 14.8 Å². The minimum atomic E-state index is -0.752. The highest BCUT2D eigenvalue weighted by Crippen LogP contribution is 2.54. The van der Waals surface area contributed by atoms with Gasteiger partial charge in [-0.15, -0.1) is 0 Å². The smallest absolute Gasteiger partial charge is 0.308 e. The topological polar surface area (TPSA) is 94.2 Å². The number of benzene rings is 2. The first kappa shape index (κ1) is 28.9. The molecule has 1 N–H and O–H groups in total. The van der Waals surface area contributed by atoms with E-state index in [0.717, 1.165) is 42.3 Å². The Morgan fingerprint density at radius 3 is 2.51 bits per heavy atom. The lowest BCUT2D eigenvalue weighted by atomic mass is 9.55. The predicted molar refractivity (Wildman–Crippen MR) is 156 cm³/mol. The number of amides is 1. The van der Waals surface area contributed by atoms with E-state index in [0.29, 0.717) is 31.6 Å². The summed E-state index contributed by atoms with van der Waals surface area (Å²) in [4.78, 5) is 39.9. The maximum absolute atomic E-state index is 13.1. The molecule has 2 saturated carbocycles. The number of hydrogen-bond donors (Lipinski definition) is 1. The molecule has 8 nitrogen and oxygen atoms in total. The highest BCUT2D eigenvalue weighted by Gasteiger charge is 2.61. The Bertz CT molecular complexity index is 1320. The van der Waals surface area contributed by atoms with E-state index in [1.807, 2.05) is 42.5 Å². The predicted octanol–water partition coefficient (Wildman–Crippen LogP) is 4.66. The zero-order valence-corrected chi connectivity index (χ0v) is 24.2. The average molecular weight is 561 g/mol. The zero-order valence-electron chi connectivity index (χ0n) is 24.2. The standard InChI is InChI=1S/C33H40N2O6/c1-23(36)40-30-9-5-7-27(19-30)32-16-17-35(21-26-10-11-26)22-33(32,41-24(2)37)15-14-28(20-32)34-31(38)13-12-25-6-4-8-29(18-25)39-3/h4-9,12-13,18-19,26,28H,10-11,14-17,20-22H2,1-3H3,(H,34,38). The Labute approximate surface area is 242 Å². The number of likely N-dealkylation sites (tertiary alicyclic amines) is 1. The van der Waals surface area contributed by atoms with Gasteiger partial charge < -0.3 is 19.5 Å². The van der Waals surface area contributed by atoms with E-state index >= 15 is 0 Å². The molecule has 3 aliphatic rings. The molecule has 0 radical (unpaired) electrons. The summed E-state index contributed by atoms with van der Waals surface area (Å²) >= 11 is 0. The van der Waals surface area contributed by atoms with E-state index in [2.05, 4.69) is 10.2 Å². The molecule has 8 heteroatoms. The molecule has 3 fully saturated rings. The first-order valence-corrected chi connectivity index (χ1v) is 14.5. The molecule has 3 unspecified atom stereocenters. The van der Waals surface area contributed by atoms with Gasteiger partial charge in [-0.2, -0.15) is 0 Å². The van der Waals surface area contributed by atoms with Crippen molar-refractivity contribution in [3.8, 4) is 11.5 Å². The number of nitrogens with one attached hydrogen (secondary N) is 1. The Hall–Kier alpha value is -3.65. The molecular formula is C33H40N2O6. The van der Waals surface area contributed by atoms with Crippen LogP contribution in [0.2, 0.25) is 0 Å². The highest BCUT2D eigenvalue weighted by molar-refractivity contribution is 5.92. The first-order chi connectivity index (χ1) is 19.7. The SMILES string of the molecule is COc1cccc(C=CC(=O)NC2CCC3(OC(C)=O)CN(CC4CC4)CCC3(c3cccc(OC(C)=O)c3)C2)c1. The van der Waals surface area contributed by atoms with Crippen LogP contribution in [0.5, 0.6) is 11.5 Å². The molecule has 2 aromatic rings. The second kappa shape index (κ2) is 12.1. The van der Waals surface area contributed by atoms with Gasteiger partial charge in [0, 0.05) is 44.5 Å². The lowest BCUT2D eigenvalue weighted by Gasteiger charge is -2.59. The number of fused-ring (bicyclic) bond motifs is 1. The van der Waals surface area contributed by atoms with E-state index in [4.69, 9.17) is 14.2 Å². The molecular weight excluding hydrogens is 520 g/mol. The van der Waals surface area contributed by atoms with Crippen molar-refractivity contribution in [1.82, 2.24) is 10.2 Å². The Balaban J connectivity index is 1.44. The molecule has 5 rings (SSSR count). The quantitative estimate of drug-likeness (QED) is 0.271. The third kappa shape index (κ3) is 6.64. The van der Waals surface area contributed by atoms with Crippen molar-refractivity contribution in [2.24, 2.45) is 5.92 Å². The number of methoxy groups -OCH3 is 1. The number of carbonyl (C=O) groups excluding carboxylic acids is 3. The summed E-state index contributed by atoms with van der Waals surface area (Å²) in [6, 6.07) is 15.0. The second-order valence-electron chi connectivity index (χ2n) is 11.8. The van der Waals surface area contributed by atoms with Crippen molar-refractivity contribution in [2.45, 2.75) is 69.4 Å². The maximum atomic E-state index is 13.1. The van der Waals surface area contributed by atoms with Gasteiger partial charge in [0.1, 0.15) is 17.1 Å². The third-order valence-electron chi connectivity index (χ3n) is 8.77. The van der Waals surface area contributed by atoms with Crippen molar-refractivity contribution in [3.63, 3.8) is 0 Å². The number of esters is 2. The normalized spacial score (nSPS) is 26.2. The highest BCUT2D eigenvalue weighted by atomic mass is 16.6. The van der Waals surface area contributed by atoms with Gasteiger partial charge in [-0.1, -0.05) is 24.3 Å². The van der Waals surface area contributed by atoms with Gasteiger partial charge in [-0.05, 0) is 92.5 Å². The number of ether oxygens (including phenoxy) is 3. The van der Waals surface area contributed by atoms with Crippen molar-refractivity contribution < 1.29 is 28.6 Å². The van der Waals surface area contributed by atoms with Gasteiger partial charge in [0.25, 0.3) is 0 Å². The van der Waals surface area contributed by atoms with Crippen molar-refractivity contribution in [2.75, 3.05) is 26.7 Å². The molecule has 0 bridgehead atoms.